The van der Waals surface area contributed by atoms with Crippen LogP contribution in [-0.2, 0) is 0 Å². The summed E-state index contributed by atoms with van der Waals surface area (Å²) in [5.74, 6) is 3.52. The number of aromatic amines is 1. The quantitative estimate of drug-likeness (QED) is 0.934. The van der Waals surface area contributed by atoms with Gasteiger partial charge in [0.05, 0.1) is 0 Å². The third-order valence-corrected chi connectivity index (χ3v) is 4.50. The van der Waals surface area contributed by atoms with Crippen molar-refractivity contribution < 1.29 is 0 Å². The molecule has 0 bridgehead atoms. The maximum atomic E-state index is 11.5. The highest BCUT2D eigenvalue weighted by atomic mass is 16.1. The third kappa shape index (κ3) is 3.06. The van der Waals surface area contributed by atoms with Crippen LogP contribution in [0.2, 0.25) is 0 Å². The van der Waals surface area contributed by atoms with Crippen LogP contribution in [0.1, 0.15) is 30.3 Å². The lowest BCUT2D eigenvalue weighted by Crippen LogP contribution is -2.47. The molecule has 0 radical (unpaired) electrons. The van der Waals surface area contributed by atoms with E-state index < -0.39 is 0 Å². The minimum absolute atomic E-state index is 0.0505. The van der Waals surface area contributed by atoms with E-state index in [0.29, 0.717) is 5.92 Å². The number of H-pyrrole nitrogens is 1. The summed E-state index contributed by atoms with van der Waals surface area (Å²) in [5, 5.41) is 0. The Morgan fingerprint density at radius 3 is 2.52 bits per heavy atom. The number of hydrogen-bond donors (Lipinski definition) is 1. The van der Waals surface area contributed by atoms with Gasteiger partial charge in [0.1, 0.15) is 17.5 Å². The Morgan fingerprint density at radius 1 is 1.09 bits per heavy atom. The molecule has 4 rings (SSSR count). The van der Waals surface area contributed by atoms with Crippen LogP contribution >= 0.6 is 0 Å². The third-order valence-electron chi connectivity index (χ3n) is 4.50. The molecule has 0 amide bonds. The molecule has 0 unspecified atom stereocenters. The van der Waals surface area contributed by atoms with E-state index >= 15 is 0 Å². The van der Waals surface area contributed by atoms with Crippen molar-refractivity contribution in [3.8, 4) is 0 Å². The highest BCUT2D eigenvalue weighted by Crippen LogP contribution is 2.38. The first-order valence-electron chi connectivity index (χ1n) is 8.24. The molecule has 1 N–H and O–H groups in total. The van der Waals surface area contributed by atoms with Gasteiger partial charge in [-0.3, -0.25) is 4.79 Å². The lowest BCUT2D eigenvalue weighted by Gasteiger charge is -2.36. The number of hydrogen-bond acceptors (Lipinski definition) is 5. The van der Waals surface area contributed by atoms with Crippen molar-refractivity contribution >= 4 is 11.6 Å². The molecule has 6 heteroatoms. The van der Waals surface area contributed by atoms with E-state index in [1.807, 2.05) is 13.0 Å². The first kappa shape index (κ1) is 14.2. The standard InChI is InChI=1S/C17H21N5O/c1-12-11-15(20-17(18-12)13-5-6-13)22-9-7-21(8-10-22)14-3-2-4-16(23)19-14/h2-4,11,13H,5-10H2,1H3,(H,19,23). The van der Waals surface area contributed by atoms with Gasteiger partial charge in [0, 0.05) is 49.9 Å². The van der Waals surface area contributed by atoms with Crippen LogP contribution in [0.15, 0.2) is 29.1 Å². The highest BCUT2D eigenvalue weighted by Gasteiger charge is 2.28. The van der Waals surface area contributed by atoms with Crippen LogP contribution in [0.25, 0.3) is 0 Å². The molecule has 2 aliphatic rings. The molecule has 2 fully saturated rings. The Hall–Kier alpha value is -2.37. The van der Waals surface area contributed by atoms with Gasteiger partial charge in [-0.1, -0.05) is 6.07 Å². The molecule has 1 saturated carbocycles. The molecule has 120 valence electrons. The molecule has 0 atom stereocenters. The van der Waals surface area contributed by atoms with Crippen LogP contribution < -0.4 is 15.4 Å². The van der Waals surface area contributed by atoms with Gasteiger partial charge in [-0.25, -0.2) is 9.97 Å². The van der Waals surface area contributed by atoms with Crippen LogP contribution in [-0.4, -0.2) is 41.1 Å². The fourth-order valence-electron chi connectivity index (χ4n) is 3.06. The number of nitrogens with zero attached hydrogens (tertiary/aromatic N) is 4. The number of aryl methyl sites for hydroxylation is 1. The lowest BCUT2D eigenvalue weighted by atomic mass is 10.2. The lowest BCUT2D eigenvalue weighted by molar-refractivity contribution is 0.638. The van der Waals surface area contributed by atoms with E-state index in [2.05, 4.69) is 25.8 Å². The van der Waals surface area contributed by atoms with Gasteiger partial charge in [0.25, 0.3) is 0 Å². The molecule has 2 aromatic heterocycles. The molecule has 1 aliphatic heterocycles. The maximum Gasteiger partial charge on any atom is 0.249 e. The van der Waals surface area contributed by atoms with Crippen LogP contribution in [0, 0.1) is 6.92 Å². The summed E-state index contributed by atoms with van der Waals surface area (Å²) in [4.78, 5) is 28.2. The Bertz CT molecular complexity index is 760. The van der Waals surface area contributed by atoms with Crippen LogP contribution in [0.3, 0.4) is 0 Å². The van der Waals surface area contributed by atoms with Gasteiger partial charge in [-0.05, 0) is 25.8 Å². The van der Waals surface area contributed by atoms with Crippen molar-refractivity contribution in [2.75, 3.05) is 36.0 Å². The predicted octanol–water partition coefficient (Wildman–Crippen LogP) is 1.68. The van der Waals surface area contributed by atoms with Crippen molar-refractivity contribution in [2.24, 2.45) is 0 Å². The first-order valence-corrected chi connectivity index (χ1v) is 8.24. The minimum Gasteiger partial charge on any atom is -0.355 e. The fourth-order valence-corrected chi connectivity index (χ4v) is 3.06. The Balaban J connectivity index is 1.48. The van der Waals surface area contributed by atoms with Gasteiger partial charge in [-0.2, -0.15) is 0 Å². The van der Waals surface area contributed by atoms with Gasteiger partial charge < -0.3 is 14.8 Å². The second-order valence-corrected chi connectivity index (χ2v) is 6.37. The van der Waals surface area contributed by atoms with Crippen LogP contribution in [0.5, 0.6) is 0 Å². The zero-order valence-corrected chi connectivity index (χ0v) is 13.3. The average Bonchev–Trinajstić information content (AvgIpc) is 3.39. The van der Waals surface area contributed by atoms with Crippen molar-refractivity contribution in [1.82, 2.24) is 15.0 Å². The highest BCUT2D eigenvalue weighted by molar-refractivity contribution is 5.45. The van der Waals surface area contributed by atoms with Gasteiger partial charge in [-0.15, -0.1) is 0 Å². The maximum absolute atomic E-state index is 11.5. The summed E-state index contributed by atoms with van der Waals surface area (Å²) in [6, 6.07) is 7.38. The summed E-state index contributed by atoms with van der Waals surface area (Å²) in [6.45, 7) is 5.60. The zero-order valence-electron chi connectivity index (χ0n) is 13.3. The van der Waals surface area contributed by atoms with E-state index in [1.54, 1.807) is 12.1 Å². The van der Waals surface area contributed by atoms with Crippen molar-refractivity contribution in [3.63, 3.8) is 0 Å². The number of nitrogens with one attached hydrogen (secondary N) is 1. The van der Waals surface area contributed by atoms with Gasteiger partial charge in [0.15, 0.2) is 0 Å². The molecule has 1 aliphatic carbocycles. The summed E-state index contributed by atoms with van der Waals surface area (Å²) in [5.41, 5.74) is 0.997. The molecule has 2 aromatic rings. The second-order valence-electron chi connectivity index (χ2n) is 6.37. The molecule has 23 heavy (non-hydrogen) atoms. The monoisotopic (exact) mass is 311 g/mol. The topological polar surface area (TPSA) is 65.1 Å². The number of pyridine rings is 1. The summed E-state index contributed by atoms with van der Waals surface area (Å²) < 4.78 is 0. The van der Waals surface area contributed by atoms with E-state index in [4.69, 9.17) is 4.98 Å². The van der Waals surface area contributed by atoms with E-state index in [-0.39, 0.29) is 5.56 Å². The van der Waals surface area contributed by atoms with Crippen molar-refractivity contribution in [3.05, 3.63) is 46.1 Å². The van der Waals surface area contributed by atoms with Gasteiger partial charge in [0.2, 0.25) is 5.56 Å². The minimum atomic E-state index is -0.0505. The number of rotatable bonds is 3. The molecule has 1 saturated heterocycles. The Morgan fingerprint density at radius 2 is 1.83 bits per heavy atom. The molecule has 0 spiro atoms. The first-order chi connectivity index (χ1) is 11.2. The Labute approximate surface area is 135 Å². The average molecular weight is 311 g/mol. The van der Waals surface area contributed by atoms with E-state index in [0.717, 1.165) is 49.3 Å². The van der Waals surface area contributed by atoms with Crippen LogP contribution in [0.4, 0.5) is 11.6 Å². The Kier molecular flexibility index (Phi) is 3.52. The van der Waals surface area contributed by atoms with Crippen molar-refractivity contribution in [2.45, 2.75) is 25.7 Å². The normalized spacial score (nSPS) is 18.3. The summed E-state index contributed by atoms with van der Waals surface area (Å²) >= 11 is 0. The number of anilines is 2. The second kappa shape index (κ2) is 5.68. The van der Waals surface area contributed by atoms with Crippen molar-refractivity contribution in [1.29, 1.82) is 0 Å². The van der Waals surface area contributed by atoms with E-state index in [9.17, 15) is 4.79 Å². The van der Waals surface area contributed by atoms with Gasteiger partial charge >= 0.3 is 0 Å². The SMILES string of the molecule is Cc1cc(N2CCN(c3cccc(=O)[nH]3)CC2)nc(C2CC2)n1. The largest absolute Gasteiger partial charge is 0.355 e. The fraction of sp³-hybridized carbons (Fsp3) is 0.471. The molecule has 6 nitrogen and oxygen atoms in total. The predicted molar refractivity (Wildman–Crippen MR) is 90.2 cm³/mol. The molecular weight excluding hydrogens is 290 g/mol. The molecule has 3 heterocycles. The summed E-state index contributed by atoms with van der Waals surface area (Å²) in [7, 11) is 0. The summed E-state index contributed by atoms with van der Waals surface area (Å²) in [6.07, 6.45) is 2.44. The number of piperazine rings is 1. The number of aromatic nitrogens is 3. The molecular formula is C17H21N5O. The molecule has 0 aromatic carbocycles. The smallest absolute Gasteiger partial charge is 0.249 e. The van der Waals surface area contributed by atoms with E-state index in [1.165, 1.54) is 12.8 Å². The zero-order chi connectivity index (χ0) is 15.8.